The van der Waals surface area contributed by atoms with Crippen LogP contribution in [0.15, 0.2) is 59.2 Å². The monoisotopic (exact) mass is 574 g/mol. The number of hydrogen-bond acceptors (Lipinski definition) is 4. The van der Waals surface area contributed by atoms with Crippen LogP contribution in [0.3, 0.4) is 0 Å². The van der Waals surface area contributed by atoms with Crippen LogP contribution in [-0.2, 0) is 16.0 Å². The van der Waals surface area contributed by atoms with E-state index in [4.69, 9.17) is 9.47 Å². The van der Waals surface area contributed by atoms with E-state index in [1.54, 1.807) is 0 Å². The number of rotatable bonds is 14. The first-order valence-electron chi connectivity index (χ1n) is 15.6. The number of allylic oxidation sites excluding steroid dienone is 6. The van der Waals surface area contributed by atoms with E-state index < -0.39 is 0 Å². The van der Waals surface area contributed by atoms with Crippen LogP contribution in [0, 0.1) is 17.8 Å². The van der Waals surface area contributed by atoms with Gasteiger partial charge in [0.1, 0.15) is 11.5 Å². The highest BCUT2D eigenvalue weighted by Crippen LogP contribution is 2.43. The van der Waals surface area contributed by atoms with Crippen molar-refractivity contribution >= 4 is 22.7 Å². The van der Waals surface area contributed by atoms with Gasteiger partial charge in [0.25, 0.3) is 0 Å². The van der Waals surface area contributed by atoms with Crippen molar-refractivity contribution in [2.45, 2.75) is 121 Å². The zero-order valence-electron chi connectivity index (χ0n) is 28.1. The van der Waals surface area contributed by atoms with Crippen LogP contribution in [-0.4, -0.2) is 11.9 Å². The summed E-state index contributed by atoms with van der Waals surface area (Å²) in [5.74, 6) is 0.318. The number of ether oxygens (including phenoxy) is 2. The van der Waals surface area contributed by atoms with Crippen LogP contribution in [0.2, 0.25) is 0 Å². The predicted molar refractivity (Wildman–Crippen MR) is 177 cm³/mol. The van der Waals surface area contributed by atoms with E-state index in [-0.39, 0.29) is 22.8 Å². The van der Waals surface area contributed by atoms with E-state index in [0.29, 0.717) is 17.9 Å². The van der Waals surface area contributed by atoms with Crippen molar-refractivity contribution in [3.8, 4) is 11.5 Å². The highest BCUT2D eigenvalue weighted by Gasteiger charge is 2.27. The standard InChI is InChI=1S/C38H54O4/c1-12-37(10,24-16-18-26(3)4)27(5)19-17-25-38(11,13-2)28(6)22-23-32-29(7)35(41-30(8)39)33-20-14-15-21-34(33)36(32)42-31(9)40/h14-15,18-22H,12-13,16-17,23-25H2,1-11H3. The van der Waals surface area contributed by atoms with Gasteiger partial charge < -0.3 is 9.47 Å². The van der Waals surface area contributed by atoms with Crippen molar-refractivity contribution in [3.05, 3.63) is 70.3 Å². The van der Waals surface area contributed by atoms with E-state index in [0.717, 1.165) is 54.0 Å². The molecular formula is C38H54O4. The Labute approximate surface area is 255 Å². The zero-order chi connectivity index (χ0) is 31.7. The minimum absolute atomic E-state index is 0.0342. The summed E-state index contributed by atoms with van der Waals surface area (Å²) < 4.78 is 11.5. The maximum absolute atomic E-state index is 12.1. The lowest BCUT2D eigenvalue weighted by atomic mass is 9.73. The Morgan fingerprint density at radius 1 is 0.714 bits per heavy atom. The Hall–Kier alpha value is -3.14. The quantitative estimate of drug-likeness (QED) is 0.128. The van der Waals surface area contributed by atoms with E-state index in [1.165, 1.54) is 37.0 Å². The van der Waals surface area contributed by atoms with Crippen molar-refractivity contribution in [2.24, 2.45) is 10.8 Å². The molecular weight excluding hydrogens is 520 g/mol. The van der Waals surface area contributed by atoms with E-state index in [9.17, 15) is 9.59 Å². The Bertz CT molecular complexity index is 1350. The lowest BCUT2D eigenvalue weighted by Gasteiger charge is -2.32. The number of benzene rings is 2. The normalized spacial score (nSPS) is 15.1. The summed E-state index contributed by atoms with van der Waals surface area (Å²) in [6.45, 7) is 22.9. The molecule has 0 aliphatic heterocycles. The zero-order valence-corrected chi connectivity index (χ0v) is 28.1. The molecule has 0 fully saturated rings. The van der Waals surface area contributed by atoms with Crippen molar-refractivity contribution in [2.75, 3.05) is 0 Å². The second kappa shape index (κ2) is 15.4. The highest BCUT2D eigenvalue weighted by atomic mass is 16.5. The third-order valence-electron chi connectivity index (χ3n) is 9.45. The first kappa shape index (κ1) is 35.1. The topological polar surface area (TPSA) is 52.6 Å². The number of fused-ring (bicyclic) bond motifs is 1. The molecule has 4 heteroatoms. The molecule has 0 spiro atoms. The molecule has 230 valence electrons. The molecule has 0 aliphatic rings. The van der Waals surface area contributed by atoms with Crippen molar-refractivity contribution in [1.82, 2.24) is 0 Å². The van der Waals surface area contributed by atoms with E-state index in [2.05, 4.69) is 73.6 Å². The third kappa shape index (κ3) is 8.93. The Kier molecular flexibility index (Phi) is 12.8. The molecule has 0 heterocycles. The molecule has 2 atom stereocenters. The molecule has 0 saturated carbocycles. The number of esters is 2. The fraction of sp³-hybridized carbons (Fsp3) is 0.526. The van der Waals surface area contributed by atoms with Gasteiger partial charge in [-0.3, -0.25) is 9.59 Å². The summed E-state index contributed by atoms with van der Waals surface area (Å²) in [6.07, 6.45) is 14.2. The molecule has 0 aliphatic carbocycles. The largest absolute Gasteiger partial charge is 0.426 e. The average Bonchev–Trinajstić information content (AvgIpc) is 2.93. The van der Waals surface area contributed by atoms with Crippen molar-refractivity contribution in [3.63, 3.8) is 0 Å². The van der Waals surface area contributed by atoms with Gasteiger partial charge in [0.05, 0.1) is 0 Å². The lowest BCUT2D eigenvalue weighted by Crippen LogP contribution is -2.19. The van der Waals surface area contributed by atoms with Crippen molar-refractivity contribution in [1.29, 1.82) is 0 Å². The Morgan fingerprint density at radius 3 is 1.64 bits per heavy atom. The minimum atomic E-state index is -0.376. The molecule has 0 N–H and O–H groups in total. The van der Waals surface area contributed by atoms with Gasteiger partial charge in [-0.2, -0.15) is 0 Å². The average molecular weight is 575 g/mol. The molecule has 0 saturated heterocycles. The van der Waals surface area contributed by atoms with Crippen LogP contribution in [0.5, 0.6) is 11.5 Å². The molecule has 4 nitrogen and oxygen atoms in total. The molecule has 42 heavy (non-hydrogen) atoms. The Morgan fingerprint density at radius 2 is 1.17 bits per heavy atom. The maximum atomic E-state index is 12.1. The first-order chi connectivity index (χ1) is 19.7. The molecule has 0 amide bonds. The van der Waals surface area contributed by atoms with Gasteiger partial charge >= 0.3 is 11.9 Å². The highest BCUT2D eigenvalue weighted by molar-refractivity contribution is 5.98. The van der Waals surface area contributed by atoms with Gasteiger partial charge in [0.2, 0.25) is 0 Å². The Balaban J connectivity index is 2.40. The van der Waals surface area contributed by atoms with Gasteiger partial charge in [-0.25, -0.2) is 0 Å². The molecule has 0 bridgehead atoms. The second-order valence-electron chi connectivity index (χ2n) is 12.7. The summed E-state index contributed by atoms with van der Waals surface area (Å²) in [6, 6.07) is 7.61. The summed E-state index contributed by atoms with van der Waals surface area (Å²) in [7, 11) is 0. The van der Waals surface area contributed by atoms with Crippen LogP contribution in [0.1, 0.15) is 119 Å². The van der Waals surface area contributed by atoms with Gasteiger partial charge in [-0.15, -0.1) is 0 Å². The molecule has 2 rings (SSSR count). The fourth-order valence-corrected chi connectivity index (χ4v) is 5.67. The number of carbonyl (C=O) groups excluding carboxylic acids is 2. The lowest BCUT2D eigenvalue weighted by molar-refractivity contribution is -0.133. The smallest absolute Gasteiger partial charge is 0.308 e. The molecule has 0 aromatic heterocycles. The van der Waals surface area contributed by atoms with Crippen LogP contribution < -0.4 is 9.47 Å². The first-order valence-corrected chi connectivity index (χ1v) is 15.6. The van der Waals surface area contributed by atoms with Gasteiger partial charge in [-0.05, 0) is 96.0 Å². The minimum Gasteiger partial charge on any atom is -0.426 e. The van der Waals surface area contributed by atoms with E-state index >= 15 is 0 Å². The molecule has 0 radical (unpaired) electrons. The second-order valence-corrected chi connectivity index (χ2v) is 12.7. The molecule has 2 aromatic rings. The third-order valence-corrected chi connectivity index (χ3v) is 9.45. The SMILES string of the molecule is CCC(C)(CCC=C(C)C)C(C)=CCCC(C)(CC)C(C)=CCc1c(C)c(OC(C)=O)c2ccccc2c1OC(C)=O. The van der Waals surface area contributed by atoms with Gasteiger partial charge in [0, 0.05) is 30.2 Å². The molecule has 2 unspecified atom stereocenters. The van der Waals surface area contributed by atoms with Crippen molar-refractivity contribution < 1.29 is 19.1 Å². The predicted octanol–water partition coefficient (Wildman–Crippen LogP) is 10.8. The fourth-order valence-electron chi connectivity index (χ4n) is 5.67. The summed E-state index contributed by atoms with van der Waals surface area (Å²) in [4.78, 5) is 24.1. The van der Waals surface area contributed by atoms with Gasteiger partial charge in [-0.1, -0.05) is 86.9 Å². The summed E-state index contributed by atoms with van der Waals surface area (Å²) >= 11 is 0. The summed E-state index contributed by atoms with van der Waals surface area (Å²) in [5, 5.41) is 1.52. The summed E-state index contributed by atoms with van der Waals surface area (Å²) in [5.41, 5.74) is 6.12. The molecule has 2 aromatic carbocycles. The maximum Gasteiger partial charge on any atom is 0.308 e. The number of hydrogen-bond donors (Lipinski definition) is 0. The van der Waals surface area contributed by atoms with Crippen LogP contribution in [0.25, 0.3) is 10.8 Å². The van der Waals surface area contributed by atoms with Gasteiger partial charge in [0.15, 0.2) is 0 Å². The van der Waals surface area contributed by atoms with E-state index in [1.807, 2.05) is 31.2 Å². The number of carbonyl (C=O) groups is 2. The van der Waals surface area contributed by atoms with Crippen LogP contribution >= 0.6 is 0 Å². The van der Waals surface area contributed by atoms with Crippen LogP contribution in [0.4, 0.5) is 0 Å².